The Kier molecular flexibility index (Phi) is 5.15. The number of rotatable bonds is 7. The second-order valence-corrected chi connectivity index (χ2v) is 3.63. The Morgan fingerprint density at radius 1 is 1.53 bits per heavy atom. The van der Waals surface area contributed by atoms with Crippen molar-refractivity contribution in [2.45, 2.75) is 25.4 Å². The Morgan fingerprint density at radius 2 is 2.29 bits per heavy atom. The third kappa shape index (κ3) is 5.12. The van der Waals surface area contributed by atoms with Gasteiger partial charge in [0.2, 0.25) is 5.91 Å². The SMILES string of the molecule is N[C@@H](CCC(=O)O)C(=O)NCCn1ccnc1. The van der Waals surface area contributed by atoms with Crippen LogP contribution in [0, 0.1) is 0 Å². The van der Waals surface area contributed by atoms with Gasteiger partial charge < -0.3 is 20.7 Å². The van der Waals surface area contributed by atoms with Crippen molar-refractivity contribution < 1.29 is 14.7 Å². The van der Waals surface area contributed by atoms with Crippen molar-refractivity contribution in [3.05, 3.63) is 18.7 Å². The molecule has 4 N–H and O–H groups in total. The van der Waals surface area contributed by atoms with Crippen LogP contribution in [0.25, 0.3) is 0 Å². The molecule has 1 amide bonds. The number of aromatic nitrogens is 2. The van der Waals surface area contributed by atoms with Gasteiger partial charge in [0, 0.05) is 31.9 Å². The summed E-state index contributed by atoms with van der Waals surface area (Å²) in [5.74, 6) is -1.28. The maximum Gasteiger partial charge on any atom is 0.303 e. The van der Waals surface area contributed by atoms with E-state index in [1.165, 1.54) is 0 Å². The van der Waals surface area contributed by atoms with Gasteiger partial charge in [0.1, 0.15) is 0 Å². The smallest absolute Gasteiger partial charge is 0.303 e. The summed E-state index contributed by atoms with van der Waals surface area (Å²) in [7, 11) is 0. The average Bonchev–Trinajstić information content (AvgIpc) is 2.78. The zero-order chi connectivity index (χ0) is 12.7. The first-order chi connectivity index (χ1) is 8.09. The molecule has 17 heavy (non-hydrogen) atoms. The molecular weight excluding hydrogens is 224 g/mol. The number of aliphatic carboxylic acids is 1. The molecule has 94 valence electrons. The van der Waals surface area contributed by atoms with Crippen LogP contribution >= 0.6 is 0 Å². The van der Waals surface area contributed by atoms with E-state index in [0.717, 1.165) is 0 Å². The molecule has 0 radical (unpaired) electrons. The molecule has 7 heteroatoms. The lowest BCUT2D eigenvalue weighted by atomic mass is 10.1. The van der Waals surface area contributed by atoms with Gasteiger partial charge in [0.05, 0.1) is 12.4 Å². The molecular formula is C10H16N4O3. The monoisotopic (exact) mass is 240 g/mol. The summed E-state index contributed by atoms with van der Waals surface area (Å²) in [6.45, 7) is 1.05. The summed E-state index contributed by atoms with van der Waals surface area (Å²) >= 11 is 0. The Balaban J connectivity index is 2.17. The number of carbonyl (C=O) groups is 2. The van der Waals surface area contributed by atoms with Gasteiger partial charge in [-0.25, -0.2) is 4.98 Å². The van der Waals surface area contributed by atoms with E-state index in [4.69, 9.17) is 10.8 Å². The van der Waals surface area contributed by atoms with E-state index in [2.05, 4.69) is 10.3 Å². The molecule has 7 nitrogen and oxygen atoms in total. The zero-order valence-electron chi connectivity index (χ0n) is 9.37. The van der Waals surface area contributed by atoms with E-state index in [1.54, 1.807) is 18.7 Å². The van der Waals surface area contributed by atoms with Gasteiger partial charge in [0.25, 0.3) is 0 Å². The van der Waals surface area contributed by atoms with Gasteiger partial charge in [-0.3, -0.25) is 9.59 Å². The van der Waals surface area contributed by atoms with Gasteiger partial charge in [-0.05, 0) is 6.42 Å². The summed E-state index contributed by atoms with van der Waals surface area (Å²) in [6.07, 6.45) is 5.13. The quantitative estimate of drug-likeness (QED) is 0.577. The topological polar surface area (TPSA) is 110 Å². The van der Waals surface area contributed by atoms with E-state index in [0.29, 0.717) is 13.1 Å². The van der Waals surface area contributed by atoms with Gasteiger partial charge >= 0.3 is 5.97 Å². The molecule has 0 unspecified atom stereocenters. The number of nitrogens with one attached hydrogen (secondary N) is 1. The van der Waals surface area contributed by atoms with Crippen LogP contribution in [0.5, 0.6) is 0 Å². The maximum absolute atomic E-state index is 11.4. The van der Waals surface area contributed by atoms with Crippen molar-refractivity contribution in [3.8, 4) is 0 Å². The van der Waals surface area contributed by atoms with Crippen molar-refractivity contribution in [2.24, 2.45) is 5.73 Å². The van der Waals surface area contributed by atoms with E-state index >= 15 is 0 Å². The second-order valence-electron chi connectivity index (χ2n) is 3.63. The minimum absolute atomic E-state index is 0.101. The molecule has 0 saturated heterocycles. The molecule has 0 aromatic carbocycles. The number of amides is 1. The lowest BCUT2D eigenvalue weighted by Gasteiger charge is -2.11. The average molecular weight is 240 g/mol. The number of nitrogens with zero attached hydrogens (tertiary/aromatic N) is 2. The molecule has 0 saturated carbocycles. The van der Waals surface area contributed by atoms with Crippen molar-refractivity contribution in [3.63, 3.8) is 0 Å². The number of hydrogen-bond donors (Lipinski definition) is 3. The third-order valence-electron chi connectivity index (χ3n) is 2.23. The Hall–Kier alpha value is -1.89. The van der Waals surface area contributed by atoms with E-state index in [9.17, 15) is 9.59 Å². The summed E-state index contributed by atoms with van der Waals surface area (Å²) in [4.78, 5) is 25.6. The van der Waals surface area contributed by atoms with E-state index in [-0.39, 0.29) is 18.7 Å². The van der Waals surface area contributed by atoms with Crippen molar-refractivity contribution >= 4 is 11.9 Å². The largest absolute Gasteiger partial charge is 0.481 e. The van der Waals surface area contributed by atoms with Crippen LogP contribution in [-0.2, 0) is 16.1 Å². The summed E-state index contributed by atoms with van der Waals surface area (Å²) in [6, 6.07) is -0.770. The number of hydrogen-bond acceptors (Lipinski definition) is 4. The molecule has 0 spiro atoms. The highest BCUT2D eigenvalue weighted by Gasteiger charge is 2.13. The molecule has 1 aromatic heterocycles. The highest BCUT2D eigenvalue weighted by Crippen LogP contribution is 1.94. The standard InChI is InChI=1S/C10H16N4O3/c11-8(1-2-9(15)16)10(17)13-4-6-14-5-3-12-7-14/h3,5,7-8H,1-2,4,6,11H2,(H,13,17)(H,15,16)/t8-/m0/s1. The van der Waals surface area contributed by atoms with Gasteiger partial charge in [-0.2, -0.15) is 0 Å². The number of carboxylic acid groups (broad SMARTS) is 1. The molecule has 1 aromatic rings. The number of carboxylic acids is 1. The third-order valence-corrected chi connectivity index (χ3v) is 2.23. The molecule has 1 atom stereocenters. The first kappa shape index (κ1) is 13.2. The number of carbonyl (C=O) groups excluding carboxylic acids is 1. The highest BCUT2D eigenvalue weighted by molar-refractivity contribution is 5.82. The zero-order valence-corrected chi connectivity index (χ0v) is 9.37. The van der Waals surface area contributed by atoms with Crippen LogP contribution in [0.15, 0.2) is 18.7 Å². The lowest BCUT2D eigenvalue weighted by molar-refractivity contribution is -0.137. The van der Waals surface area contributed by atoms with Gasteiger partial charge in [-0.15, -0.1) is 0 Å². The van der Waals surface area contributed by atoms with E-state index in [1.807, 2.05) is 4.57 Å². The molecule has 1 rings (SSSR count). The second kappa shape index (κ2) is 6.64. The Labute approximate surface area is 98.6 Å². The van der Waals surface area contributed by atoms with Crippen LogP contribution < -0.4 is 11.1 Å². The van der Waals surface area contributed by atoms with Crippen LogP contribution in [0.1, 0.15) is 12.8 Å². The fraction of sp³-hybridized carbons (Fsp3) is 0.500. The van der Waals surface area contributed by atoms with Crippen LogP contribution in [-0.4, -0.2) is 39.1 Å². The highest BCUT2D eigenvalue weighted by atomic mass is 16.4. The molecule has 0 aliphatic rings. The Bertz CT molecular complexity index is 364. The fourth-order valence-electron chi connectivity index (χ4n) is 1.27. The predicted molar refractivity (Wildman–Crippen MR) is 60.1 cm³/mol. The van der Waals surface area contributed by atoms with Crippen molar-refractivity contribution in [1.29, 1.82) is 0 Å². The van der Waals surface area contributed by atoms with Crippen LogP contribution in [0.4, 0.5) is 0 Å². The van der Waals surface area contributed by atoms with Crippen molar-refractivity contribution in [1.82, 2.24) is 14.9 Å². The molecule has 1 heterocycles. The molecule has 0 aliphatic carbocycles. The number of nitrogens with two attached hydrogens (primary N) is 1. The first-order valence-electron chi connectivity index (χ1n) is 5.30. The molecule has 0 aliphatic heterocycles. The Morgan fingerprint density at radius 3 is 2.88 bits per heavy atom. The number of imidazole rings is 1. The molecule has 0 bridgehead atoms. The first-order valence-corrected chi connectivity index (χ1v) is 5.30. The minimum atomic E-state index is -0.952. The van der Waals surface area contributed by atoms with Crippen LogP contribution in [0.2, 0.25) is 0 Å². The predicted octanol–water partition coefficient (Wildman–Crippen LogP) is -0.809. The van der Waals surface area contributed by atoms with Gasteiger partial charge in [-0.1, -0.05) is 0 Å². The lowest BCUT2D eigenvalue weighted by Crippen LogP contribution is -2.41. The summed E-state index contributed by atoms with van der Waals surface area (Å²) in [5, 5.41) is 11.1. The normalized spacial score (nSPS) is 12.1. The van der Waals surface area contributed by atoms with Crippen LogP contribution in [0.3, 0.4) is 0 Å². The van der Waals surface area contributed by atoms with Gasteiger partial charge in [0.15, 0.2) is 0 Å². The van der Waals surface area contributed by atoms with E-state index < -0.39 is 12.0 Å². The molecule has 0 fully saturated rings. The van der Waals surface area contributed by atoms with Crippen molar-refractivity contribution in [2.75, 3.05) is 6.54 Å². The maximum atomic E-state index is 11.4. The fourth-order valence-corrected chi connectivity index (χ4v) is 1.27. The summed E-state index contributed by atoms with van der Waals surface area (Å²) in [5.41, 5.74) is 5.53. The minimum Gasteiger partial charge on any atom is -0.481 e. The summed E-state index contributed by atoms with van der Waals surface area (Å²) < 4.78 is 1.82.